The van der Waals surface area contributed by atoms with Gasteiger partial charge in [-0.1, -0.05) is 0 Å². The first kappa shape index (κ1) is 14.2. The molecule has 1 aromatic carbocycles. The van der Waals surface area contributed by atoms with Crippen LogP contribution in [0.5, 0.6) is 0 Å². The quantitative estimate of drug-likeness (QED) is 0.502. The summed E-state index contributed by atoms with van der Waals surface area (Å²) in [5.41, 5.74) is 4.95. The van der Waals surface area contributed by atoms with Crippen LogP contribution in [0.15, 0.2) is 23.2 Å². The normalized spacial score (nSPS) is 12.6. The highest BCUT2D eigenvalue weighted by Crippen LogP contribution is 2.19. The Morgan fingerprint density at radius 1 is 1.28 bits per heavy atom. The Hall–Kier alpha value is -1.86. The molecule has 3 N–H and O–H groups in total. The Labute approximate surface area is 99.5 Å². The van der Waals surface area contributed by atoms with Gasteiger partial charge in [0.1, 0.15) is 11.6 Å². The van der Waals surface area contributed by atoms with Crippen LogP contribution in [0.4, 0.5) is 27.6 Å². The van der Waals surface area contributed by atoms with Gasteiger partial charge in [0.05, 0.1) is 18.7 Å². The molecule has 18 heavy (non-hydrogen) atoms. The molecule has 100 valence electrons. The van der Waals surface area contributed by atoms with E-state index in [9.17, 15) is 22.0 Å². The van der Waals surface area contributed by atoms with Crippen LogP contribution in [0.1, 0.15) is 6.42 Å². The van der Waals surface area contributed by atoms with Crippen LogP contribution in [0.25, 0.3) is 0 Å². The molecule has 1 rings (SSSR count). The predicted molar refractivity (Wildman–Crippen MR) is 57.1 cm³/mol. The fourth-order valence-electron chi connectivity index (χ4n) is 1.07. The highest BCUT2D eigenvalue weighted by atomic mass is 19.4. The van der Waals surface area contributed by atoms with Crippen LogP contribution in [-0.4, -0.2) is 18.7 Å². The van der Waals surface area contributed by atoms with Gasteiger partial charge in [-0.2, -0.15) is 13.2 Å². The SMILES string of the molecule is NC(=NCCC(F)(F)F)Nc1cc(F)ccc1F. The van der Waals surface area contributed by atoms with E-state index >= 15 is 0 Å². The Morgan fingerprint density at radius 3 is 2.56 bits per heavy atom. The molecule has 1 aromatic rings. The minimum Gasteiger partial charge on any atom is -0.370 e. The number of guanidine groups is 1. The van der Waals surface area contributed by atoms with Crippen molar-refractivity contribution in [3.63, 3.8) is 0 Å². The van der Waals surface area contributed by atoms with Gasteiger partial charge >= 0.3 is 6.18 Å². The van der Waals surface area contributed by atoms with Crippen LogP contribution in [0.3, 0.4) is 0 Å². The van der Waals surface area contributed by atoms with E-state index < -0.39 is 36.7 Å². The van der Waals surface area contributed by atoms with E-state index in [0.717, 1.165) is 18.2 Å². The summed E-state index contributed by atoms with van der Waals surface area (Å²) in [5.74, 6) is -1.91. The zero-order valence-electron chi connectivity index (χ0n) is 9.06. The molecule has 0 bridgehead atoms. The molecular formula is C10H10F5N3. The van der Waals surface area contributed by atoms with Crippen LogP contribution in [-0.2, 0) is 0 Å². The van der Waals surface area contributed by atoms with E-state index in [2.05, 4.69) is 10.3 Å². The zero-order chi connectivity index (χ0) is 13.8. The molecule has 0 radical (unpaired) electrons. The average Bonchev–Trinajstić information content (AvgIpc) is 2.21. The maximum absolute atomic E-state index is 13.1. The number of anilines is 1. The number of alkyl halides is 3. The molecular weight excluding hydrogens is 257 g/mol. The summed E-state index contributed by atoms with van der Waals surface area (Å²) in [6.45, 7) is -0.584. The number of benzene rings is 1. The molecule has 0 aliphatic heterocycles. The lowest BCUT2D eigenvalue weighted by Gasteiger charge is -2.07. The summed E-state index contributed by atoms with van der Waals surface area (Å²) < 4.78 is 61.3. The molecule has 0 atom stereocenters. The van der Waals surface area contributed by atoms with Crippen molar-refractivity contribution in [1.82, 2.24) is 0 Å². The number of hydrogen-bond donors (Lipinski definition) is 2. The highest BCUT2D eigenvalue weighted by Gasteiger charge is 2.26. The molecule has 0 heterocycles. The Morgan fingerprint density at radius 2 is 1.94 bits per heavy atom. The van der Waals surface area contributed by atoms with E-state index in [1.165, 1.54) is 0 Å². The molecule has 0 fully saturated rings. The second-order valence-electron chi connectivity index (χ2n) is 3.38. The minimum absolute atomic E-state index is 0.289. The second-order valence-corrected chi connectivity index (χ2v) is 3.38. The molecule has 0 saturated heterocycles. The van der Waals surface area contributed by atoms with E-state index in [0.29, 0.717) is 0 Å². The van der Waals surface area contributed by atoms with Crippen molar-refractivity contribution in [2.45, 2.75) is 12.6 Å². The number of nitrogens with two attached hydrogens (primary N) is 1. The predicted octanol–water partition coefficient (Wildman–Crippen LogP) is 2.64. The smallest absolute Gasteiger partial charge is 0.370 e. The third-order valence-corrected chi connectivity index (χ3v) is 1.87. The fraction of sp³-hybridized carbons (Fsp3) is 0.300. The Balaban J connectivity index is 2.61. The number of nitrogens with one attached hydrogen (secondary N) is 1. The van der Waals surface area contributed by atoms with Gasteiger partial charge in [-0.15, -0.1) is 0 Å². The van der Waals surface area contributed by atoms with Gasteiger partial charge < -0.3 is 11.1 Å². The molecule has 0 aliphatic rings. The van der Waals surface area contributed by atoms with E-state index in [-0.39, 0.29) is 5.69 Å². The molecule has 0 amide bonds. The maximum atomic E-state index is 13.1. The Kier molecular flexibility index (Phi) is 4.46. The van der Waals surface area contributed by atoms with Gasteiger partial charge in [-0.3, -0.25) is 4.99 Å². The van der Waals surface area contributed by atoms with Crippen molar-refractivity contribution < 1.29 is 22.0 Å². The zero-order valence-corrected chi connectivity index (χ0v) is 9.06. The van der Waals surface area contributed by atoms with Crippen molar-refractivity contribution in [2.75, 3.05) is 11.9 Å². The van der Waals surface area contributed by atoms with Gasteiger partial charge in [0.2, 0.25) is 0 Å². The van der Waals surface area contributed by atoms with Crippen molar-refractivity contribution in [2.24, 2.45) is 10.7 Å². The van der Waals surface area contributed by atoms with Crippen LogP contribution in [0.2, 0.25) is 0 Å². The van der Waals surface area contributed by atoms with Gasteiger partial charge in [0.15, 0.2) is 5.96 Å². The summed E-state index contributed by atoms with van der Waals surface area (Å²) in [6.07, 6.45) is -5.48. The summed E-state index contributed by atoms with van der Waals surface area (Å²) in [7, 11) is 0. The first-order chi connectivity index (χ1) is 8.28. The van der Waals surface area contributed by atoms with E-state index in [4.69, 9.17) is 5.73 Å². The summed E-state index contributed by atoms with van der Waals surface area (Å²) in [6, 6.07) is 2.58. The minimum atomic E-state index is -4.34. The molecule has 0 saturated carbocycles. The molecule has 8 heteroatoms. The van der Waals surface area contributed by atoms with Gasteiger partial charge in [0.25, 0.3) is 0 Å². The number of hydrogen-bond acceptors (Lipinski definition) is 1. The van der Waals surface area contributed by atoms with Crippen molar-refractivity contribution in [1.29, 1.82) is 0 Å². The first-order valence-corrected chi connectivity index (χ1v) is 4.87. The van der Waals surface area contributed by atoms with Gasteiger partial charge in [-0.25, -0.2) is 8.78 Å². The molecule has 0 aliphatic carbocycles. The molecule has 0 spiro atoms. The standard InChI is InChI=1S/C10H10F5N3/c11-6-1-2-7(12)8(5-6)18-9(16)17-4-3-10(13,14)15/h1-2,5H,3-4H2,(H3,16,17,18). The van der Waals surface area contributed by atoms with Crippen LogP contribution in [0, 0.1) is 11.6 Å². The van der Waals surface area contributed by atoms with Crippen molar-refractivity contribution in [3.05, 3.63) is 29.8 Å². The lowest BCUT2D eigenvalue weighted by molar-refractivity contribution is -0.132. The van der Waals surface area contributed by atoms with Gasteiger partial charge in [0, 0.05) is 6.07 Å². The summed E-state index contributed by atoms with van der Waals surface area (Å²) in [5, 5.41) is 2.18. The molecule has 0 unspecified atom stereocenters. The highest BCUT2D eigenvalue weighted by molar-refractivity contribution is 5.92. The average molecular weight is 267 g/mol. The van der Waals surface area contributed by atoms with Crippen molar-refractivity contribution >= 4 is 11.6 Å². The number of halogens is 5. The number of nitrogens with zero attached hydrogens (tertiary/aromatic N) is 1. The fourth-order valence-corrected chi connectivity index (χ4v) is 1.07. The monoisotopic (exact) mass is 267 g/mol. The largest absolute Gasteiger partial charge is 0.390 e. The lowest BCUT2D eigenvalue weighted by atomic mass is 10.3. The third kappa shape index (κ3) is 4.98. The molecule has 3 nitrogen and oxygen atoms in total. The first-order valence-electron chi connectivity index (χ1n) is 4.87. The van der Waals surface area contributed by atoms with E-state index in [1.54, 1.807) is 0 Å². The van der Waals surface area contributed by atoms with Crippen molar-refractivity contribution in [3.8, 4) is 0 Å². The number of rotatable bonds is 3. The third-order valence-electron chi connectivity index (χ3n) is 1.87. The van der Waals surface area contributed by atoms with Gasteiger partial charge in [-0.05, 0) is 12.1 Å². The number of aliphatic imine (C=N–C) groups is 1. The van der Waals surface area contributed by atoms with Crippen LogP contribution >= 0.6 is 0 Å². The lowest BCUT2D eigenvalue weighted by Crippen LogP contribution is -2.24. The maximum Gasteiger partial charge on any atom is 0.390 e. The summed E-state index contributed by atoms with van der Waals surface area (Å²) >= 11 is 0. The Bertz CT molecular complexity index is 442. The molecule has 0 aromatic heterocycles. The van der Waals surface area contributed by atoms with Crippen LogP contribution < -0.4 is 11.1 Å². The topological polar surface area (TPSA) is 50.4 Å². The second kappa shape index (κ2) is 5.65. The van der Waals surface area contributed by atoms with E-state index in [1.807, 2.05) is 0 Å². The summed E-state index contributed by atoms with van der Waals surface area (Å²) in [4.78, 5) is 3.35.